The van der Waals surface area contributed by atoms with Gasteiger partial charge in [0.1, 0.15) is 5.75 Å². The van der Waals surface area contributed by atoms with Crippen molar-refractivity contribution in [3.05, 3.63) is 35.9 Å². The van der Waals surface area contributed by atoms with E-state index >= 15 is 0 Å². The van der Waals surface area contributed by atoms with Crippen LogP contribution in [0, 0.1) is 0 Å². The van der Waals surface area contributed by atoms with E-state index in [9.17, 15) is 14.2 Å². The van der Waals surface area contributed by atoms with Crippen LogP contribution >= 0.6 is 19.4 Å². The molecular weight excluding hydrogens is 505 g/mol. The molecule has 0 unspecified atom stereocenters. The van der Waals surface area contributed by atoms with Crippen LogP contribution in [0.1, 0.15) is 65.9 Å². The summed E-state index contributed by atoms with van der Waals surface area (Å²) in [6, 6.07) is 9.29. The number of ether oxygens (including phenoxy) is 1. The number of benzene rings is 2. The van der Waals surface area contributed by atoms with Gasteiger partial charge in [0, 0.05) is 36.2 Å². The first-order valence-electron chi connectivity index (χ1n) is 12.0. The van der Waals surface area contributed by atoms with Crippen molar-refractivity contribution in [2.75, 3.05) is 23.9 Å². The summed E-state index contributed by atoms with van der Waals surface area (Å²) in [5.74, 6) is 0.408. The van der Waals surface area contributed by atoms with Gasteiger partial charge in [0.05, 0.1) is 23.5 Å². The van der Waals surface area contributed by atoms with E-state index in [1.54, 1.807) is 52.5 Å². The number of halogens is 1. The number of carbonyl (C=O) groups excluding carboxylic acids is 2. The van der Waals surface area contributed by atoms with Gasteiger partial charge in [-0.05, 0) is 58.9 Å². The number of rotatable bonds is 10. The first-order chi connectivity index (χ1) is 16.8. The minimum atomic E-state index is -4.08. The monoisotopic (exact) mass is 539 g/mol. The van der Waals surface area contributed by atoms with Gasteiger partial charge < -0.3 is 14.2 Å². The van der Waals surface area contributed by atoms with Crippen LogP contribution in [0.5, 0.6) is 5.75 Å². The summed E-state index contributed by atoms with van der Waals surface area (Å²) in [7, 11) is -4.08. The zero-order valence-electron chi connectivity index (χ0n) is 21.7. The molecule has 2 aromatic carbocycles. The third-order valence-corrected chi connectivity index (χ3v) is 7.65. The van der Waals surface area contributed by atoms with Crippen LogP contribution in [-0.4, -0.2) is 42.6 Å². The maximum Gasteiger partial charge on any atom is 0.531 e. The molecule has 1 aliphatic rings. The van der Waals surface area contributed by atoms with Crippen molar-refractivity contribution in [2.45, 2.75) is 71.5 Å². The largest absolute Gasteiger partial charge is 0.531 e. The minimum absolute atomic E-state index is 0.0840. The number of phosphoric ester groups is 1. The molecule has 0 saturated heterocycles. The fourth-order valence-corrected chi connectivity index (χ4v) is 6.28. The van der Waals surface area contributed by atoms with Gasteiger partial charge in [0.2, 0.25) is 5.91 Å². The van der Waals surface area contributed by atoms with Gasteiger partial charge in [-0.2, -0.15) is 0 Å². The summed E-state index contributed by atoms with van der Waals surface area (Å²) >= 11 is 6.33. The van der Waals surface area contributed by atoms with Crippen molar-refractivity contribution in [3.8, 4) is 5.75 Å². The normalized spacial score (nSPS) is 16.2. The second-order valence-electron chi connectivity index (χ2n) is 10.7. The van der Waals surface area contributed by atoms with Crippen LogP contribution in [0.4, 0.5) is 5.69 Å². The molecule has 0 spiro atoms. The molecule has 0 bridgehead atoms. The third kappa shape index (κ3) is 7.00. The number of nitrogens with zero attached hydrogens (tertiary/aromatic N) is 1. The van der Waals surface area contributed by atoms with Crippen molar-refractivity contribution in [3.63, 3.8) is 0 Å². The molecule has 0 N–H and O–H groups in total. The molecule has 0 radical (unpaired) electrons. The molecule has 2 aromatic rings. The molecule has 36 heavy (non-hydrogen) atoms. The Morgan fingerprint density at radius 3 is 2.28 bits per heavy atom. The molecule has 1 atom stereocenters. The van der Waals surface area contributed by atoms with Gasteiger partial charge in [-0.15, -0.1) is 11.6 Å². The molecule has 8 nitrogen and oxygen atoms in total. The first-order valence-corrected chi connectivity index (χ1v) is 13.9. The van der Waals surface area contributed by atoms with E-state index in [1.165, 1.54) is 0 Å². The van der Waals surface area contributed by atoms with E-state index in [4.69, 9.17) is 29.9 Å². The molecule has 198 valence electrons. The SMILES string of the molecule is CC(C)(C)OP(=O)(Oc1cc2c(c3ccccc13)[C@H](CCl)CN2C(=O)CCCOC=O)OC(C)(C)C. The zero-order valence-corrected chi connectivity index (χ0v) is 23.4. The van der Waals surface area contributed by atoms with E-state index in [2.05, 4.69) is 0 Å². The Balaban J connectivity index is 2.09. The maximum atomic E-state index is 13.9. The van der Waals surface area contributed by atoms with Crippen LogP contribution in [0.15, 0.2) is 30.3 Å². The predicted octanol–water partition coefficient (Wildman–Crippen LogP) is 6.58. The van der Waals surface area contributed by atoms with Crippen molar-refractivity contribution in [1.29, 1.82) is 0 Å². The fourth-order valence-electron chi connectivity index (χ4n) is 4.19. The number of phosphoric acid groups is 1. The van der Waals surface area contributed by atoms with E-state index in [0.717, 1.165) is 16.3 Å². The van der Waals surface area contributed by atoms with Gasteiger partial charge in [-0.3, -0.25) is 18.6 Å². The average Bonchev–Trinajstić information content (AvgIpc) is 3.12. The number of carbonyl (C=O) groups is 2. The summed E-state index contributed by atoms with van der Waals surface area (Å²) in [5.41, 5.74) is -0.0203. The molecule has 3 rings (SSSR count). The lowest BCUT2D eigenvalue weighted by molar-refractivity contribution is -0.129. The summed E-state index contributed by atoms with van der Waals surface area (Å²) in [6.07, 6.45) is 0.601. The average molecular weight is 540 g/mol. The second kappa shape index (κ2) is 11.1. The van der Waals surface area contributed by atoms with Crippen LogP contribution in [0.25, 0.3) is 10.8 Å². The highest BCUT2D eigenvalue weighted by Gasteiger charge is 2.40. The number of fused-ring (bicyclic) bond motifs is 3. The molecule has 1 aliphatic heterocycles. The predicted molar refractivity (Wildman–Crippen MR) is 141 cm³/mol. The topological polar surface area (TPSA) is 91.4 Å². The summed E-state index contributed by atoms with van der Waals surface area (Å²) in [6.45, 7) is 11.6. The van der Waals surface area contributed by atoms with Crippen molar-refractivity contribution in [2.24, 2.45) is 0 Å². The van der Waals surface area contributed by atoms with Crippen LogP contribution < -0.4 is 9.42 Å². The standard InChI is InChI=1S/C26H35ClNO7P/c1-25(2,3)34-36(31,35-26(4,5)6)33-22-14-21-24(20-11-8-7-10-19(20)22)18(15-27)16-28(21)23(30)12-9-13-32-17-29/h7-8,10-11,14,17-18H,9,12-13,15-16H2,1-6H3/t18-/m1/s1. The fraction of sp³-hybridized carbons (Fsp3) is 0.538. The van der Waals surface area contributed by atoms with Gasteiger partial charge in [0.25, 0.3) is 6.47 Å². The maximum absolute atomic E-state index is 13.9. The molecule has 1 heterocycles. The van der Waals surface area contributed by atoms with Crippen LogP contribution in [0.2, 0.25) is 0 Å². The van der Waals surface area contributed by atoms with Gasteiger partial charge in [-0.25, -0.2) is 4.57 Å². The number of amides is 1. The van der Waals surface area contributed by atoms with E-state index in [0.29, 0.717) is 36.8 Å². The van der Waals surface area contributed by atoms with Crippen LogP contribution in [0.3, 0.4) is 0 Å². The molecule has 0 aliphatic carbocycles. The highest BCUT2D eigenvalue weighted by Crippen LogP contribution is 2.57. The lowest BCUT2D eigenvalue weighted by Gasteiger charge is -2.31. The van der Waals surface area contributed by atoms with Crippen LogP contribution in [-0.2, 0) is 27.9 Å². The molecule has 0 saturated carbocycles. The summed E-state index contributed by atoms with van der Waals surface area (Å²) < 4.78 is 36.4. The van der Waals surface area contributed by atoms with Gasteiger partial charge in [-0.1, -0.05) is 24.3 Å². The van der Waals surface area contributed by atoms with Crippen molar-refractivity contribution in [1.82, 2.24) is 0 Å². The number of alkyl halides is 1. The lowest BCUT2D eigenvalue weighted by atomic mass is 9.95. The lowest BCUT2D eigenvalue weighted by Crippen LogP contribution is -2.30. The van der Waals surface area contributed by atoms with Gasteiger partial charge in [0.15, 0.2) is 0 Å². The third-order valence-electron chi connectivity index (χ3n) is 5.32. The van der Waals surface area contributed by atoms with E-state index < -0.39 is 19.0 Å². The smallest absolute Gasteiger partial charge is 0.468 e. The van der Waals surface area contributed by atoms with Crippen molar-refractivity contribution >= 4 is 48.3 Å². The first kappa shape index (κ1) is 28.5. The second-order valence-corrected chi connectivity index (χ2v) is 12.5. The molecule has 1 amide bonds. The Hall–Kier alpha value is -2.12. The Bertz CT molecular complexity index is 1140. The number of hydrogen-bond donors (Lipinski definition) is 0. The molecular formula is C26H35ClNO7P. The zero-order chi connectivity index (χ0) is 26.7. The van der Waals surface area contributed by atoms with E-state index in [-0.39, 0.29) is 24.9 Å². The molecule has 10 heteroatoms. The Labute approximate surface area is 217 Å². The number of anilines is 1. The Morgan fingerprint density at radius 1 is 1.11 bits per heavy atom. The Morgan fingerprint density at radius 2 is 1.72 bits per heavy atom. The number of hydrogen-bond acceptors (Lipinski definition) is 7. The highest BCUT2D eigenvalue weighted by molar-refractivity contribution is 7.49. The Kier molecular flexibility index (Phi) is 8.77. The van der Waals surface area contributed by atoms with Gasteiger partial charge >= 0.3 is 7.82 Å². The molecule has 0 fully saturated rings. The highest BCUT2D eigenvalue weighted by atomic mass is 35.5. The summed E-state index contributed by atoms with van der Waals surface area (Å²) in [4.78, 5) is 25.2. The van der Waals surface area contributed by atoms with E-state index in [1.807, 2.05) is 24.3 Å². The summed E-state index contributed by atoms with van der Waals surface area (Å²) in [5, 5.41) is 1.57. The minimum Gasteiger partial charge on any atom is -0.468 e. The molecule has 0 aromatic heterocycles. The quantitative estimate of drug-likeness (QED) is 0.146. The van der Waals surface area contributed by atoms with Crippen molar-refractivity contribution < 1.29 is 32.5 Å².